The number of hydrogen-bond donors (Lipinski definition) is 0. The van der Waals surface area contributed by atoms with Gasteiger partial charge in [0.05, 0.1) is 18.8 Å². The predicted molar refractivity (Wildman–Crippen MR) is 43.8 cm³/mol. The molecule has 80 valence electrons. The smallest absolute Gasteiger partial charge is 0.370 e. The van der Waals surface area contributed by atoms with Crippen LogP contribution in [0.2, 0.25) is 0 Å². The number of rotatable bonds is 4. The molecule has 14 heavy (non-hydrogen) atoms. The first-order valence-electron chi connectivity index (χ1n) is 4.12. The van der Waals surface area contributed by atoms with Gasteiger partial charge >= 0.3 is 6.18 Å². The number of nitrogens with zero attached hydrogens (tertiary/aromatic N) is 2. The molecule has 1 heterocycles. The maximum atomic E-state index is 11.6. The van der Waals surface area contributed by atoms with Crippen molar-refractivity contribution in [2.75, 3.05) is 13.2 Å². The number of halogens is 3. The lowest BCUT2D eigenvalue weighted by molar-refractivity contribution is -0.174. The second-order valence-corrected chi connectivity index (χ2v) is 2.89. The lowest BCUT2D eigenvalue weighted by Crippen LogP contribution is -2.19. The SMILES string of the molecule is Cc1ccn(CCOCC(F)(F)F)n1. The van der Waals surface area contributed by atoms with Crippen molar-refractivity contribution in [1.82, 2.24) is 9.78 Å². The number of alkyl halides is 3. The van der Waals surface area contributed by atoms with Crippen LogP contribution >= 0.6 is 0 Å². The van der Waals surface area contributed by atoms with Gasteiger partial charge < -0.3 is 4.74 Å². The maximum Gasteiger partial charge on any atom is 0.411 e. The maximum absolute atomic E-state index is 11.6. The Kier molecular flexibility index (Phi) is 3.51. The van der Waals surface area contributed by atoms with E-state index < -0.39 is 12.8 Å². The van der Waals surface area contributed by atoms with Crippen molar-refractivity contribution in [1.29, 1.82) is 0 Å². The van der Waals surface area contributed by atoms with Gasteiger partial charge in [0.2, 0.25) is 0 Å². The third-order valence-electron chi connectivity index (χ3n) is 1.50. The molecule has 0 fully saturated rings. The zero-order valence-electron chi connectivity index (χ0n) is 7.71. The van der Waals surface area contributed by atoms with E-state index in [-0.39, 0.29) is 6.61 Å². The highest BCUT2D eigenvalue weighted by molar-refractivity contribution is 4.94. The topological polar surface area (TPSA) is 27.1 Å². The standard InChI is InChI=1S/C8H11F3N2O/c1-7-2-3-13(12-7)4-5-14-6-8(9,10)11/h2-3H,4-6H2,1H3. The van der Waals surface area contributed by atoms with Gasteiger partial charge in [-0.1, -0.05) is 0 Å². The Bertz CT molecular complexity index is 282. The van der Waals surface area contributed by atoms with Crippen LogP contribution in [0.1, 0.15) is 5.69 Å². The highest BCUT2D eigenvalue weighted by Crippen LogP contribution is 2.14. The monoisotopic (exact) mass is 208 g/mol. The second kappa shape index (κ2) is 4.45. The molecule has 6 heteroatoms. The van der Waals surface area contributed by atoms with Crippen molar-refractivity contribution in [3.05, 3.63) is 18.0 Å². The molecule has 0 saturated carbocycles. The lowest BCUT2D eigenvalue weighted by Gasteiger charge is -2.07. The summed E-state index contributed by atoms with van der Waals surface area (Å²) in [7, 11) is 0. The largest absolute Gasteiger partial charge is 0.411 e. The number of aryl methyl sites for hydroxylation is 1. The fourth-order valence-electron chi connectivity index (χ4n) is 0.934. The zero-order chi connectivity index (χ0) is 10.6. The summed E-state index contributed by atoms with van der Waals surface area (Å²) < 4.78 is 40.9. The summed E-state index contributed by atoms with van der Waals surface area (Å²) >= 11 is 0. The van der Waals surface area contributed by atoms with Crippen molar-refractivity contribution in [2.45, 2.75) is 19.6 Å². The van der Waals surface area contributed by atoms with Crippen molar-refractivity contribution in [2.24, 2.45) is 0 Å². The van der Waals surface area contributed by atoms with Crippen molar-refractivity contribution in [3.8, 4) is 0 Å². The second-order valence-electron chi connectivity index (χ2n) is 2.89. The molecule has 0 N–H and O–H groups in total. The van der Waals surface area contributed by atoms with Gasteiger partial charge in [-0.2, -0.15) is 18.3 Å². The van der Waals surface area contributed by atoms with Gasteiger partial charge in [0.15, 0.2) is 0 Å². The molecule has 0 radical (unpaired) electrons. The van der Waals surface area contributed by atoms with E-state index >= 15 is 0 Å². The Hall–Kier alpha value is -1.04. The summed E-state index contributed by atoms with van der Waals surface area (Å²) in [5.41, 5.74) is 0.834. The summed E-state index contributed by atoms with van der Waals surface area (Å²) in [5, 5.41) is 4.00. The normalized spacial score (nSPS) is 12.0. The van der Waals surface area contributed by atoms with E-state index in [0.29, 0.717) is 6.54 Å². The van der Waals surface area contributed by atoms with Crippen LogP contribution in [0.4, 0.5) is 13.2 Å². The summed E-state index contributed by atoms with van der Waals surface area (Å²) in [4.78, 5) is 0. The summed E-state index contributed by atoms with van der Waals surface area (Å²) in [6, 6.07) is 1.78. The van der Waals surface area contributed by atoms with Gasteiger partial charge in [0.25, 0.3) is 0 Å². The molecule has 0 amide bonds. The first-order chi connectivity index (χ1) is 6.47. The van der Waals surface area contributed by atoms with Crippen LogP contribution in [-0.2, 0) is 11.3 Å². The number of hydrogen-bond acceptors (Lipinski definition) is 2. The van der Waals surface area contributed by atoms with Gasteiger partial charge in [-0.25, -0.2) is 0 Å². The molecule has 0 aliphatic rings. The predicted octanol–water partition coefficient (Wildman–Crippen LogP) is 1.77. The fourth-order valence-corrected chi connectivity index (χ4v) is 0.934. The zero-order valence-corrected chi connectivity index (χ0v) is 7.71. The minimum absolute atomic E-state index is 0.0145. The van der Waals surface area contributed by atoms with E-state index in [2.05, 4.69) is 9.84 Å². The lowest BCUT2D eigenvalue weighted by atomic mass is 10.5. The molecular weight excluding hydrogens is 197 g/mol. The van der Waals surface area contributed by atoms with Crippen LogP contribution in [0.5, 0.6) is 0 Å². The average Bonchev–Trinajstić information content (AvgIpc) is 2.44. The molecule has 0 aliphatic carbocycles. The molecule has 3 nitrogen and oxygen atoms in total. The molecule has 0 spiro atoms. The van der Waals surface area contributed by atoms with Crippen LogP contribution in [-0.4, -0.2) is 29.2 Å². The molecule has 1 rings (SSSR count). The van der Waals surface area contributed by atoms with Gasteiger partial charge in [0.1, 0.15) is 6.61 Å². The molecule has 0 atom stereocenters. The Morgan fingerprint density at radius 3 is 2.71 bits per heavy atom. The molecule has 1 aromatic heterocycles. The summed E-state index contributed by atoms with van der Waals surface area (Å²) in [5.74, 6) is 0. The Morgan fingerprint density at radius 2 is 2.21 bits per heavy atom. The molecule has 0 saturated heterocycles. The van der Waals surface area contributed by atoms with Gasteiger partial charge in [-0.3, -0.25) is 4.68 Å². The highest BCUT2D eigenvalue weighted by atomic mass is 19.4. The van der Waals surface area contributed by atoms with Crippen molar-refractivity contribution >= 4 is 0 Å². The Balaban J connectivity index is 2.16. The molecule has 0 unspecified atom stereocenters. The number of aromatic nitrogens is 2. The molecule has 0 aliphatic heterocycles. The van der Waals surface area contributed by atoms with Crippen LogP contribution in [0, 0.1) is 6.92 Å². The average molecular weight is 208 g/mol. The fraction of sp³-hybridized carbons (Fsp3) is 0.625. The first-order valence-corrected chi connectivity index (χ1v) is 4.12. The quantitative estimate of drug-likeness (QED) is 0.705. The third kappa shape index (κ3) is 4.27. The Morgan fingerprint density at radius 1 is 1.50 bits per heavy atom. The minimum atomic E-state index is -4.25. The minimum Gasteiger partial charge on any atom is -0.370 e. The number of ether oxygens (including phenoxy) is 1. The van der Waals surface area contributed by atoms with Gasteiger partial charge in [0, 0.05) is 6.20 Å². The molecule has 1 aromatic rings. The van der Waals surface area contributed by atoms with Crippen molar-refractivity contribution in [3.63, 3.8) is 0 Å². The van der Waals surface area contributed by atoms with Crippen LogP contribution < -0.4 is 0 Å². The van der Waals surface area contributed by atoms with Crippen LogP contribution in [0.25, 0.3) is 0 Å². The van der Waals surface area contributed by atoms with Gasteiger partial charge in [-0.05, 0) is 13.0 Å². The van der Waals surface area contributed by atoms with E-state index in [1.165, 1.54) is 0 Å². The van der Waals surface area contributed by atoms with Gasteiger partial charge in [-0.15, -0.1) is 0 Å². The van der Waals surface area contributed by atoms with E-state index in [0.717, 1.165) is 5.69 Å². The summed E-state index contributed by atoms with van der Waals surface area (Å²) in [6.45, 7) is 0.963. The van der Waals surface area contributed by atoms with E-state index in [4.69, 9.17) is 0 Å². The molecule has 0 bridgehead atoms. The van der Waals surface area contributed by atoms with Crippen LogP contribution in [0.15, 0.2) is 12.3 Å². The first kappa shape index (κ1) is 11.0. The van der Waals surface area contributed by atoms with E-state index in [9.17, 15) is 13.2 Å². The Labute approximate surface area is 79.5 Å². The third-order valence-corrected chi connectivity index (χ3v) is 1.50. The molecular formula is C8H11F3N2O. The highest BCUT2D eigenvalue weighted by Gasteiger charge is 2.27. The van der Waals surface area contributed by atoms with E-state index in [1.807, 2.05) is 6.92 Å². The molecule has 0 aromatic carbocycles. The van der Waals surface area contributed by atoms with E-state index in [1.54, 1.807) is 16.9 Å². The van der Waals surface area contributed by atoms with Crippen LogP contribution in [0.3, 0.4) is 0 Å². The van der Waals surface area contributed by atoms with Crippen molar-refractivity contribution < 1.29 is 17.9 Å². The summed E-state index contributed by atoms with van der Waals surface area (Å²) in [6.07, 6.45) is -2.55.